The highest BCUT2D eigenvalue weighted by Crippen LogP contribution is 2.19. The van der Waals surface area contributed by atoms with E-state index in [1.807, 2.05) is 37.4 Å². The van der Waals surface area contributed by atoms with Crippen LogP contribution in [0.3, 0.4) is 0 Å². The molecule has 0 atom stereocenters. The number of aromatic nitrogens is 6. The van der Waals surface area contributed by atoms with Crippen molar-refractivity contribution >= 4 is 8.07 Å². The predicted octanol–water partition coefficient (Wildman–Crippen LogP) is 4.19. The van der Waals surface area contributed by atoms with Gasteiger partial charge < -0.3 is 9.47 Å². The Hall–Kier alpha value is -3.63. The largest absolute Gasteiger partial charge is 0.491 e. The molecule has 4 rings (SSSR count). The van der Waals surface area contributed by atoms with Gasteiger partial charge in [-0.15, -0.1) is 0 Å². The molecule has 188 valence electrons. The van der Waals surface area contributed by atoms with Crippen LogP contribution >= 0.6 is 0 Å². The molecule has 0 N–H and O–H groups in total. The number of nitrogens with zero attached hydrogens (tertiary/aromatic N) is 6. The van der Waals surface area contributed by atoms with Crippen LogP contribution in [0.5, 0.6) is 5.75 Å². The Morgan fingerprint density at radius 1 is 1.06 bits per heavy atom. The molecule has 0 aliphatic rings. The van der Waals surface area contributed by atoms with Gasteiger partial charge in [-0.3, -0.25) is 4.79 Å². The Morgan fingerprint density at radius 3 is 2.61 bits per heavy atom. The molecule has 0 amide bonds. The summed E-state index contributed by atoms with van der Waals surface area (Å²) >= 11 is 0. The van der Waals surface area contributed by atoms with Crippen molar-refractivity contribution in [3.8, 4) is 22.8 Å². The molecule has 4 aromatic rings. The first kappa shape index (κ1) is 25.5. The van der Waals surface area contributed by atoms with E-state index in [9.17, 15) is 4.79 Å². The number of hydrogen-bond acceptors (Lipinski definition) is 7. The van der Waals surface area contributed by atoms with Crippen LogP contribution in [0.2, 0.25) is 25.7 Å². The third-order valence-corrected chi connectivity index (χ3v) is 7.18. The predicted molar refractivity (Wildman–Crippen MR) is 141 cm³/mol. The second-order valence-electron chi connectivity index (χ2n) is 9.71. The second-order valence-corrected chi connectivity index (χ2v) is 15.3. The van der Waals surface area contributed by atoms with Crippen LogP contribution in [0.1, 0.15) is 18.2 Å². The minimum Gasteiger partial charge on any atom is -0.491 e. The summed E-state index contributed by atoms with van der Waals surface area (Å²) in [5, 5.41) is 8.95. The molecule has 3 heterocycles. The summed E-state index contributed by atoms with van der Waals surface area (Å²) in [5.41, 5.74) is 2.90. The van der Waals surface area contributed by atoms with Crippen LogP contribution in [0.4, 0.5) is 0 Å². The van der Waals surface area contributed by atoms with E-state index in [0.717, 1.165) is 29.5 Å². The van der Waals surface area contributed by atoms with E-state index in [1.54, 1.807) is 34.2 Å². The third-order valence-electron chi connectivity index (χ3n) is 5.48. The van der Waals surface area contributed by atoms with E-state index in [4.69, 9.17) is 9.47 Å². The molecule has 0 aliphatic carbocycles. The Labute approximate surface area is 211 Å². The van der Waals surface area contributed by atoms with Crippen LogP contribution in [0.15, 0.2) is 66.1 Å². The Kier molecular flexibility index (Phi) is 8.06. The van der Waals surface area contributed by atoms with Crippen molar-refractivity contribution in [1.82, 2.24) is 29.5 Å². The van der Waals surface area contributed by atoms with Gasteiger partial charge in [0.05, 0.1) is 31.4 Å². The second kappa shape index (κ2) is 11.4. The van der Waals surface area contributed by atoms with Crippen LogP contribution in [-0.4, -0.2) is 50.8 Å². The van der Waals surface area contributed by atoms with Gasteiger partial charge in [0.15, 0.2) is 11.6 Å². The molecule has 0 radical (unpaired) electrons. The van der Waals surface area contributed by atoms with E-state index in [1.165, 1.54) is 6.07 Å². The number of ether oxygens (including phenoxy) is 2. The fourth-order valence-electron chi connectivity index (χ4n) is 3.51. The zero-order chi connectivity index (χ0) is 25.5. The lowest BCUT2D eigenvalue weighted by molar-refractivity contribution is 0.0786. The van der Waals surface area contributed by atoms with Gasteiger partial charge in [0.2, 0.25) is 5.43 Å². The molecule has 3 aromatic heterocycles. The maximum Gasteiger partial charge on any atom is 0.203 e. The molecule has 0 fully saturated rings. The third kappa shape index (κ3) is 6.95. The average molecular weight is 505 g/mol. The van der Waals surface area contributed by atoms with Crippen molar-refractivity contribution in [2.45, 2.75) is 45.8 Å². The molecule has 10 heteroatoms. The lowest BCUT2D eigenvalue weighted by Gasteiger charge is -2.15. The summed E-state index contributed by atoms with van der Waals surface area (Å²) in [7, 11) is -1.13. The highest BCUT2D eigenvalue weighted by Gasteiger charge is 2.12. The fourth-order valence-corrected chi connectivity index (χ4v) is 4.27. The van der Waals surface area contributed by atoms with Crippen LogP contribution in [-0.2, 0) is 17.9 Å². The first-order chi connectivity index (χ1) is 17.3. The molecular weight excluding hydrogens is 472 g/mol. The SMILES string of the molecule is CCOc1cnc(-c2cccc(Cc3nn(-c4cnn(COCC[Si](C)(C)C)c4)ccc3=O)c2)nc1. The van der Waals surface area contributed by atoms with Crippen molar-refractivity contribution in [2.24, 2.45) is 0 Å². The molecule has 0 saturated carbocycles. The van der Waals surface area contributed by atoms with Crippen LogP contribution < -0.4 is 10.2 Å². The van der Waals surface area contributed by atoms with E-state index in [0.29, 0.717) is 37.0 Å². The Bertz CT molecular complexity index is 1340. The molecule has 0 saturated heterocycles. The monoisotopic (exact) mass is 504 g/mol. The molecule has 36 heavy (non-hydrogen) atoms. The zero-order valence-electron chi connectivity index (χ0n) is 21.2. The zero-order valence-corrected chi connectivity index (χ0v) is 22.2. The minimum absolute atomic E-state index is 0.115. The number of rotatable bonds is 11. The van der Waals surface area contributed by atoms with Gasteiger partial charge >= 0.3 is 0 Å². The highest BCUT2D eigenvalue weighted by atomic mass is 28.3. The quantitative estimate of drug-likeness (QED) is 0.223. The number of benzene rings is 1. The maximum absolute atomic E-state index is 12.6. The average Bonchev–Trinajstić information content (AvgIpc) is 3.33. The summed E-state index contributed by atoms with van der Waals surface area (Å²) in [6.45, 7) is 10.6. The smallest absolute Gasteiger partial charge is 0.203 e. The van der Waals surface area contributed by atoms with E-state index in [-0.39, 0.29) is 5.43 Å². The van der Waals surface area contributed by atoms with E-state index >= 15 is 0 Å². The molecule has 0 aliphatic heterocycles. The van der Waals surface area contributed by atoms with E-state index < -0.39 is 8.07 Å². The van der Waals surface area contributed by atoms with Crippen molar-refractivity contribution in [1.29, 1.82) is 0 Å². The van der Waals surface area contributed by atoms with Crippen LogP contribution in [0, 0.1) is 0 Å². The maximum atomic E-state index is 12.6. The molecule has 9 nitrogen and oxygen atoms in total. The highest BCUT2D eigenvalue weighted by molar-refractivity contribution is 6.76. The molecule has 1 aromatic carbocycles. The van der Waals surface area contributed by atoms with Crippen molar-refractivity contribution < 1.29 is 9.47 Å². The summed E-state index contributed by atoms with van der Waals surface area (Å²) in [4.78, 5) is 21.4. The molecule has 0 unspecified atom stereocenters. The molecular formula is C26H32N6O3Si. The van der Waals surface area contributed by atoms with Gasteiger partial charge in [0.25, 0.3) is 0 Å². The fraction of sp³-hybridized carbons (Fsp3) is 0.346. The topological polar surface area (TPSA) is 97.0 Å². The van der Waals surface area contributed by atoms with Crippen molar-refractivity contribution in [3.63, 3.8) is 0 Å². The Balaban J connectivity index is 1.46. The first-order valence-electron chi connectivity index (χ1n) is 12.0. The summed E-state index contributed by atoms with van der Waals surface area (Å²) < 4.78 is 14.6. The lowest BCUT2D eigenvalue weighted by atomic mass is 10.1. The van der Waals surface area contributed by atoms with Gasteiger partial charge in [-0.05, 0) is 24.6 Å². The van der Waals surface area contributed by atoms with Gasteiger partial charge in [-0.1, -0.05) is 37.8 Å². The number of hydrogen-bond donors (Lipinski definition) is 0. The molecule has 0 bridgehead atoms. The first-order valence-corrected chi connectivity index (χ1v) is 15.7. The van der Waals surface area contributed by atoms with Gasteiger partial charge in [0, 0.05) is 38.9 Å². The van der Waals surface area contributed by atoms with Crippen LogP contribution in [0.25, 0.3) is 17.1 Å². The lowest BCUT2D eigenvalue weighted by Crippen LogP contribution is -2.22. The van der Waals surface area contributed by atoms with Gasteiger partial charge in [-0.25, -0.2) is 19.3 Å². The summed E-state index contributed by atoms with van der Waals surface area (Å²) in [5.74, 6) is 1.23. The summed E-state index contributed by atoms with van der Waals surface area (Å²) in [6, 6.07) is 10.5. The van der Waals surface area contributed by atoms with E-state index in [2.05, 4.69) is 39.8 Å². The minimum atomic E-state index is -1.13. The Morgan fingerprint density at radius 2 is 1.86 bits per heavy atom. The van der Waals surface area contributed by atoms with Gasteiger partial charge in [0.1, 0.15) is 18.1 Å². The summed E-state index contributed by atoms with van der Waals surface area (Å²) in [6.07, 6.45) is 8.94. The van der Waals surface area contributed by atoms with Gasteiger partial charge in [-0.2, -0.15) is 10.2 Å². The standard InChI is InChI=1S/C26H32N6O3Si/c1-5-35-23-16-27-26(28-17-23)21-8-6-7-20(13-21)14-24-25(33)9-10-32(30-24)22-15-29-31(18-22)19-34-11-12-36(2,3)4/h6-10,13,15-18H,5,11-12,14,19H2,1-4H3. The van der Waals surface area contributed by atoms with Crippen molar-refractivity contribution in [3.05, 3.63) is 82.8 Å². The molecule has 0 spiro atoms. The van der Waals surface area contributed by atoms with Crippen molar-refractivity contribution in [2.75, 3.05) is 13.2 Å². The normalized spacial score (nSPS) is 11.6.